The molecule has 3 heteroatoms. The predicted octanol–water partition coefficient (Wildman–Crippen LogP) is 3.65. The molecule has 0 spiro atoms. The van der Waals surface area contributed by atoms with E-state index in [0.717, 1.165) is 22.2 Å². The Bertz CT molecular complexity index is 733. The molecule has 3 rings (SSSR count). The molecule has 0 unspecified atom stereocenters. The zero-order valence-electron chi connectivity index (χ0n) is 9.37. The van der Waals surface area contributed by atoms with Crippen LogP contribution in [0.1, 0.15) is 5.56 Å². The number of rotatable bonds is 1. The van der Waals surface area contributed by atoms with Crippen LogP contribution in [0.15, 0.2) is 42.5 Å². The van der Waals surface area contributed by atoms with Crippen LogP contribution < -0.4 is 0 Å². The van der Waals surface area contributed by atoms with Crippen molar-refractivity contribution in [3.63, 3.8) is 0 Å². The molecule has 0 fully saturated rings. The zero-order chi connectivity index (χ0) is 12.5. The van der Waals surface area contributed by atoms with E-state index in [9.17, 15) is 4.39 Å². The van der Waals surface area contributed by atoms with Crippen molar-refractivity contribution in [3.8, 4) is 17.3 Å². The summed E-state index contributed by atoms with van der Waals surface area (Å²) < 4.78 is 13.3. The number of aromatic amines is 1. The van der Waals surface area contributed by atoms with E-state index in [2.05, 4.69) is 11.1 Å². The van der Waals surface area contributed by atoms with Crippen LogP contribution >= 0.6 is 0 Å². The van der Waals surface area contributed by atoms with Gasteiger partial charge in [-0.25, -0.2) is 4.39 Å². The predicted molar refractivity (Wildman–Crippen MR) is 67.2 cm³/mol. The second-order valence-corrected chi connectivity index (χ2v) is 4.00. The maximum absolute atomic E-state index is 13.3. The van der Waals surface area contributed by atoms with E-state index < -0.39 is 5.82 Å². The summed E-state index contributed by atoms with van der Waals surface area (Å²) in [5.41, 5.74) is 2.70. The molecule has 0 aliphatic heterocycles. The summed E-state index contributed by atoms with van der Waals surface area (Å²) in [4.78, 5) is 3.23. The highest BCUT2D eigenvalue weighted by molar-refractivity contribution is 5.85. The lowest BCUT2D eigenvalue weighted by Crippen LogP contribution is -1.85. The SMILES string of the molecule is N#Cc1cc(-c2cc3c[c]ccc3[nH]2)ccc1F. The van der Waals surface area contributed by atoms with E-state index in [-0.39, 0.29) is 5.56 Å². The third kappa shape index (κ3) is 1.64. The number of H-pyrrole nitrogens is 1. The Hall–Kier alpha value is -2.60. The van der Waals surface area contributed by atoms with Crippen molar-refractivity contribution < 1.29 is 4.39 Å². The van der Waals surface area contributed by atoms with Gasteiger partial charge in [0.1, 0.15) is 11.9 Å². The summed E-state index contributed by atoms with van der Waals surface area (Å²) in [5, 5.41) is 9.86. The molecule has 0 aliphatic rings. The molecular formula is C15H8FN2. The molecule has 0 atom stereocenters. The molecule has 2 aromatic carbocycles. The summed E-state index contributed by atoms with van der Waals surface area (Å²) >= 11 is 0. The van der Waals surface area contributed by atoms with Crippen LogP contribution in [-0.2, 0) is 0 Å². The quantitative estimate of drug-likeness (QED) is 0.687. The van der Waals surface area contributed by atoms with Gasteiger partial charge in [-0.1, -0.05) is 6.07 Å². The highest BCUT2D eigenvalue weighted by atomic mass is 19.1. The minimum absolute atomic E-state index is 0.0534. The van der Waals surface area contributed by atoms with Gasteiger partial charge in [-0.2, -0.15) is 5.26 Å². The van der Waals surface area contributed by atoms with Gasteiger partial charge in [-0.15, -0.1) is 0 Å². The first-order chi connectivity index (χ1) is 8.78. The topological polar surface area (TPSA) is 39.6 Å². The average molecular weight is 235 g/mol. The number of aromatic nitrogens is 1. The number of hydrogen-bond acceptors (Lipinski definition) is 1. The average Bonchev–Trinajstić information content (AvgIpc) is 2.83. The Morgan fingerprint density at radius 1 is 1.22 bits per heavy atom. The maximum Gasteiger partial charge on any atom is 0.140 e. The zero-order valence-corrected chi connectivity index (χ0v) is 9.37. The Morgan fingerprint density at radius 2 is 2.11 bits per heavy atom. The molecule has 3 aromatic rings. The molecule has 0 saturated heterocycles. The van der Waals surface area contributed by atoms with Crippen LogP contribution in [0, 0.1) is 23.2 Å². The van der Waals surface area contributed by atoms with E-state index >= 15 is 0 Å². The number of halogens is 1. The fourth-order valence-corrected chi connectivity index (χ4v) is 1.95. The summed E-state index contributed by atoms with van der Waals surface area (Å²) in [7, 11) is 0. The molecule has 1 aromatic heterocycles. The first kappa shape index (κ1) is 10.5. The van der Waals surface area contributed by atoms with Gasteiger partial charge in [0.05, 0.1) is 5.56 Å². The molecule has 18 heavy (non-hydrogen) atoms. The summed E-state index contributed by atoms with van der Waals surface area (Å²) in [5.74, 6) is -0.495. The van der Waals surface area contributed by atoms with E-state index in [0.29, 0.717) is 0 Å². The lowest BCUT2D eigenvalue weighted by molar-refractivity contribution is 0.624. The first-order valence-electron chi connectivity index (χ1n) is 5.47. The monoisotopic (exact) mass is 235 g/mol. The maximum atomic E-state index is 13.3. The molecule has 0 bridgehead atoms. The van der Waals surface area contributed by atoms with Gasteiger partial charge in [-0.05, 0) is 48.0 Å². The number of benzene rings is 2. The Kier molecular flexibility index (Phi) is 2.35. The fraction of sp³-hybridized carbons (Fsp3) is 0. The Morgan fingerprint density at radius 3 is 2.89 bits per heavy atom. The second-order valence-electron chi connectivity index (χ2n) is 4.00. The fourth-order valence-electron chi connectivity index (χ4n) is 1.95. The molecule has 0 saturated carbocycles. The van der Waals surface area contributed by atoms with Gasteiger partial charge in [-0.3, -0.25) is 0 Å². The van der Waals surface area contributed by atoms with Crippen LogP contribution in [0.5, 0.6) is 0 Å². The first-order valence-corrected chi connectivity index (χ1v) is 5.47. The van der Waals surface area contributed by atoms with Crippen molar-refractivity contribution in [1.29, 1.82) is 5.26 Å². The van der Waals surface area contributed by atoms with Gasteiger partial charge >= 0.3 is 0 Å². The van der Waals surface area contributed by atoms with Crippen LogP contribution in [0.4, 0.5) is 4.39 Å². The van der Waals surface area contributed by atoms with Crippen molar-refractivity contribution in [2.45, 2.75) is 0 Å². The number of fused-ring (bicyclic) bond motifs is 1. The van der Waals surface area contributed by atoms with Gasteiger partial charge in [0.25, 0.3) is 0 Å². The smallest absolute Gasteiger partial charge is 0.140 e. The van der Waals surface area contributed by atoms with Crippen molar-refractivity contribution >= 4 is 10.9 Å². The molecular weight excluding hydrogens is 227 g/mol. The third-order valence-corrected chi connectivity index (χ3v) is 2.86. The molecule has 1 radical (unpaired) electrons. The third-order valence-electron chi connectivity index (χ3n) is 2.86. The Labute approximate surface area is 103 Å². The van der Waals surface area contributed by atoms with Crippen LogP contribution in [0.3, 0.4) is 0 Å². The van der Waals surface area contributed by atoms with Crippen LogP contribution in [0.2, 0.25) is 0 Å². The van der Waals surface area contributed by atoms with Gasteiger partial charge in [0.2, 0.25) is 0 Å². The summed E-state index contributed by atoms with van der Waals surface area (Å²) in [6.45, 7) is 0. The Balaban J connectivity index is 2.17. The molecule has 0 aliphatic carbocycles. The number of nitrogens with zero attached hydrogens (tertiary/aromatic N) is 1. The normalized spacial score (nSPS) is 10.4. The van der Waals surface area contributed by atoms with Gasteiger partial charge in [0.15, 0.2) is 0 Å². The molecule has 85 valence electrons. The van der Waals surface area contributed by atoms with Crippen molar-refractivity contribution in [2.24, 2.45) is 0 Å². The molecule has 0 amide bonds. The highest BCUT2D eigenvalue weighted by Gasteiger charge is 2.06. The lowest BCUT2D eigenvalue weighted by Gasteiger charge is -1.99. The number of nitrogens with one attached hydrogen (secondary N) is 1. The van der Waals surface area contributed by atoms with E-state index in [1.54, 1.807) is 12.1 Å². The van der Waals surface area contributed by atoms with E-state index in [1.165, 1.54) is 6.07 Å². The highest BCUT2D eigenvalue weighted by Crippen LogP contribution is 2.25. The minimum Gasteiger partial charge on any atom is -0.355 e. The van der Waals surface area contributed by atoms with Crippen molar-refractivity contribution in [3.05, 3.63) is 59.9 Å². The van der Waals surface area contributed by atoms with Gasteiger partial charge < -0.3 is 4.98 Å². The molecule has 2 nitrogen and oxygen atoms in total. The lowest BCUT2D eigenvalue weighted by atomic mass is 10.1. The minimum atomic E-state index is -0.495. The van der Waals surface area contributed by atoms with Crippen molar-refractivity contribution in [1.82, 2.24) is 4.98 Å². The molecule has 1 N–H and O–H groups in total. The van der Waals surface area contributed by atoms with Crippen molar-refractivity contribution in [2.75, 3.05) is 0 Å². The largest absolute Gasteiger partial charge is 0.355 e. The van der Waals surface area contributed by atoms with Crippen LogP contribution in [-0.4, -0.2) is 4.98 Å². The number of nitriles is 1. The summed E-state index contributed by atoms with van der Waals surface area (Å²) in [6, 6.07) is 16.9. The van der Waals surface area contributed by atoms with Crippen LogP contribution in [0.25, 0.3) is 22.2 Å². The summed E-state index contributed by atoms with van der Waals surface area (Å²) in [6.07, 6.45) is 0. The standard InChI is InChI=1S/C15H8FN2/c16-13-6-5-11(7-12(13)9-17)15-8-10-3-1-2-4-14(10)18-15/h2-8,18H. The second kappa shape index (κ2) is 4.01. The van der Waals surface area contributed by atoms with Gasteiger partial charge in [0, 0.05) is 16.6 Å². The van der Waals surface area contributed by atoms with E-state index in [4.69, 9.17) is 5.26 Å². The van der Waals surface area contributed by atoms with E-state index in [1.807, 2.05) is 30.3 Å². The number of hydrogen-bond donors (Lipinski definition) is 1. The molecule has 1 heterocycles.